The van der Waals surface area contributed by atoms with Crippen molar-refractivity contribution in [1.29, 1.82) is 0 Å². The number of nitrogens with zero attached hydrogens (tertiary/aromatic N) is 2. The highest BCUT2D eigenvalue weighted by Gasteiger charge is 2.32. The maximum absolute atomic E-state index is 13.0. The summed E-state index contributed by atoms with van der Waals surface area (Å²) in [5.41, 5.74) is 0.574. The van der Waals surface area contributed by atoms with E-state index in [1.807, 2.05) is 32.9 Å². The van der Waals surface area contributed by atoms with Crippen molar-refractivity contribution in [3.8, 4) is 0 Å². The molecule has 1 saturated heterocycles. The highest BCUT2D eigenvalue weighted by Crippen LogP contribution is 2.26. The molecule has 0 radical (unpaired) electrons. The van der Waals surface area contributed by atoms with E-state index in [0.29, 0.717) is 30.4 Å². The summed E-state index contributed by atoms with van der Waals surface area (Å²) in [6.07, 6.45) is 1.30. The minimum absolute atomic E-state index is 0.0935. The van der Waals surface area contributed by atoms with Crippen LogP contribution in [0.5, 0.6) is 0 Å². The topological polar surface area (TPSA) is 66.9 Å². The molecule has 0 bridgehead atoms. The maximum Gasteiger partial charge on any atom is 0.410 e. The Labute approximate surface area is 169 Å². The molecule has 0 aromatic heterocycles. The first-order chi connectivity index (χ1) is 12.9. The molecule has 28 heavy (non-hydrogen) atoms. The van der Waals surface area contributed by atoms with Crippen molar-refractivity contribution >= 4 is 16.1 Å². The minimum Gasteiger partial charge on any atom is -0.444 e. The summed E-state index contributed by atoms with van der Waals surface area (Å²) in [7, 11) is -1.82. The Morgan fingerprint density at radius 1 is 1.25 bits per heavy atom. The molecular weight excluding hydrogens is 376 g/mol. The first kappa shape index (κ1) is 22.7. The Balaban J connectivity index is 2.04. The van der Waals surface area contributed by atoms with Gasteiger partial charge in [0, 0.05) is 26.7 Å². The molecule has 1 unspecified atom stereocenters. The second-order valence-electron chi connectivity index (χ2n) is 8.96. The molecule has 1 fully saturated rings. The Morgan fingerprint density at radius 2 is 1.86 bits per heavy atom. The molecule has 1 aliphatic heterocycles. The van der Waals surface area contributed by atoms with Gasteiger partial charge >= 0.3 is 6.09 Å². The van der Waals surface area contributed by atoms with Crippen LogP contribution >= 0.6 is 0 Å². The van der Waals surface area contributed by atoms with Gasteiger partial charge in [-0.15, -0.1) is 0 Å². The molecule has 1 atom stereocenters. The van der Waals surface area contributed by atoms with Gasteiger partial charge in [-0.1, -0.05) is 26.0 Å². The number of amides is 1. The molecule has 6 nitrogen and oxygen atoms in total. The van der Waals surface area contributed by atoms with E-state index in [1.165, 1.54) is 0 Å². The third-order valence-corrected chi connectivity index (χ3v) is 6.78. The average Bonchev–Trinajstić information content (AvgIpc) is 2.60. The Morgan fingerprint density at radius 3 is 2.39 bits per heavy atom. The highest BCUT2D eigenvalue weighted by molar-refractivity contribution is 7.89. The average molecular weight is 411 g/mol. The van der Waals surface area contributed by atoms with Crippen LogP contribution in [0.4, 0.5) is 4.79 Å². The SMILES string of the molecule is CC(C)c1ccc(S(=O)(=O)N2CCCC(CN(C)C(=O)OC(C)(C)C)C2)cc1. The zero-order valence-corrected chi connectivity index (χ0v) is 18.8. The normalized spacial score (nSPS) is 18.9. The fourth-order valence-corrected chi connectivity index (χ4v) is 4.92. The lowest BCUT2D eigenvalue weighted by molar-refractivity contribution is 0.0258. The van der Waals surface area contributed by atoms with Gasteiger partial charge in [-0.25, -0.2) is 13.2 Å². The van der Waals surface area contributed by atoms with Crippen LogP contribution in [0.1, 0.15) is 58.9 Å². The second-order valence-corrected chi connectivity index (χ2v) is 10.9. The summed E-state index contributed by atoms with van der Waals surface area (Å²) in [5, 5.41) is 0. The van der Waals surface area contributed by atoms with Gasteiger partial charge in [-0.05, 0) is 63.1 Å². The van der Waals surface area contributed by atoms with Crippen molar-refractivity contribution in [3.63, 3.8) is 0 Å². The highest BCUT2D eigenvalue weighted by atomic mass is 32.2. The standard InChI is InChI=1S/C21H34N2O4S/c1-16(2)18-9-11-19(12-10-18)28(25,26)23-13-7-8-17(15-23)14-22(6)20(24)27-21(3,4)5/h9-12,16-17H,7-8,13-15H2,1-6H3. The molecule has 1 aromatic carbocycles. The van der Waals surface area contributed by atoms with Crippen LogP contribution in [0.3, 0.4) is 0 Å². The summed E-state index contributed by atoms with van der Waals surface area (Å²) in [4.78, 5) is 14.1. The molecule has 1 aromatic rings. The van der Waals surface area contributed by atoms with E-state index in [2.05, 4.69) is 13.8 Å². The molecular formula is C21H34N2O4S. The monoisotopic (exact) mass is 410 g/mol. The van der Waals surface area contributed by atoms with Gasteiger partial charge in [0.2, 0.25) is 10.0 Å². The molecule has 1 heterocycles. The number of hydrogen-bond donors (Lipinski definition) is 0. The number of piperidine rings is 1. The zero-order valence-electron chi connectivity index (χ0n) is 17.9. The van der Waals surface area contributed by atoms with Crippen LogP contribution in [0.15, 0.2) is 29.2 Å². The van der Waals surface area contributed by atoms with Crippen LogP contribution in [-0.2, 0) is 14.8 Å². The van der Waals surface area contributed by atoms with E-state index in [9.17, 15) is 13.2 Å². The van der Waals surface area contributed by atoms with Crippen LogP contribution in [0.25, 0.3) is 0 Å². The Kier molecular flexibility index (Phi) is 7.15. The van der Waals surface area contributed by atoms with Crippen molar-refractivity contribution in [1.82, 2.24) is 9.21 Å². The molecule has 7 heteroatoms. The summed E-state index contributed by atoms with van der Waals surface area (Å²) in [5.74, 6) is 0.454. The van der Waals surface area contributed by atoms with E-state index >= 15 is 0 Å². The number of rotatable bonds is 5. The van der Waals surface area contributed by atoms with Crippen molar-refractivity contribution in [2.75, 3.05) is 26.7 Å². The molecule has 1 amide bonds. The number of benzene rings is 1. The van der Waals surface area contributed by atoms with Gasteiger partial charge in [0.15, 0.2) is 0 Å². The fourth-order valence-electron chi connectivity index (χ4n) is 3.37. The largest absolute Gasteiger partial charge is 0.444 e. The smallest absolute Gasteiger partial charge is 0.410 e. The van der Waals surface area contributed by atoms with E-state index < -0.39 is 15.6 Å². The molecule has 0 aliphatic carbocycles. The number of hydrogen-bond acceptors (Lipinski definition) is 4. The van der Waals surface area contributed by atoms with Crippen molar-refractivity contribution in [2.24, 2.45) is 5.92 Å². The first-order valence-corrected chi connectivity index (χ1v) is 11.4. The maximum atomic E-state index is 13.0. The second kappa shape index (κ2) is 8.82. The number of carbonyl (C=O) groups excluding carboxylic acids is 1. The lowest BCUT2D eigenvalue weighted by Gasteiger charge is -2.34. The quantitative estimate of drug-likeness (QED) is 0.734. The lowest BCUT2D eigenvalue weighted by Crippen LogP contribution is -2.44. The van der Waals surface area contributed by atoms with Gasteiger partial charge in [-0.3, -0.25) is 0 Å². The first-order valence-electron chi connectivity index (χ1n) is 9.94. The molecule has 0 N–H and O–H groups in total. The summed E-state index contributed by atoms with van der Waals surface area (Å²) >= 11 is 0. The summed E-state index contributed by atoms with van der Waals surface area (Å²) in [6.45, 7) is 11.1. The van der Waals surface area contributed by atoms with Crippen LogP contribution in [-0.4, -0.2) is 56.0 Å². The predicted molar refractivity (Wildman–Crippen MR) is 111 cm³/mol. The number of ether oxygens (including phenoxy) is 1. The minimum atomic E-state index is -3.52. The molecule has 158 valence electrons. The van der Waals surface area contributed by atoms with Crippen LogP contribution in [0, 0.1) is 5.92 Å². The van der Waals surface area contributed by atoms with Crippen LogP contribution in [0.2, 0.25) is 0 Å². The lowest BCUT2D eigenvalue weighted by atomic mass is 9.99. The van der Waals surface area contributed by atoms with Gasteiger partial charge in [0.25, 0.3) is 0 Å². The van der Waals surface area contributed by atoms with E-state index in [4.69, 9.17) is 4.74 Å². The van der Waals surface area contributed by atoms with E-state index in [-0.39, 0.29) is 12.0 Å². The molecule has 1 aliphatic rings. The van der Waals surface area contributed by atoms with Gasteiger partial charge < -0.3 is 9.64 Å². The van der Waals surface area contributed by atoms with Crippen molar-refractivity contribution in [2.45, 2.75) is 63.9 Å². The van der Waals surface area contributed by atoms with Gasteiger partial charge in [-0.2, -0.15) is 4.31 Å². The third kappa shape index (κ3) is 5.95. The Hall–Kier alpha value is -1.60. The summed E-state index contributed by atoms with van der Waals surface area (Å²) in [6, 6.07) is 7.16. The Bertz CT molecular complexity index is 767. The van der Waals surface area contributed by atoms with Crippen molar-refractivity contribution < 1.29 is 17.9 Å². The number of sulfonamides is 1. The third-order valence-electron chi connectivity index (χ3n) is 4.90. The predicted octanol–water partition coefficient (Wildman–Crippen LogP) is 4.08. The van der Waals surface area contributed by atoms with E-state index in [0.717, 1.165) is 18.4 Å². The van der Waals surface area contributed by atoms with Gasteiger partial charge in [0.05, 0.1) is 4.90 Å². The zero-order chi connectivity index (χ0) is 21.1. The molecule has 0 spiro atoms. The van der Waals surface area contributed by atoms with Crippen LogP contribution < -0.4 is 0 Å². The fraction of sp³-hybridized carbons (Fsp3) is 0.667. The molecule has 0 saturated carbocycles. The number of carbonyl (C=O) groups is 1. The molecule has 2 rings (SSSR count). The van der Waals surface area contributed by atoms with Crippen molar-refractivity contribution in [3.05, 3.63) is 29.8 Å². The van der Waals surface area contributed by atoms with E-state index in [1.54, 1.807) is 28.4 Å². The summed E-state index contributed by atoms with van der Waals surface area (Å²) < 4.78 is 33.0. The van der Waals surface area contributed by atoms with Gasteiger partial charge in [0.1, 0.15) is 5.60 Å².